The van der Waals surface area contributed by atoms with Crippen LogP contribution in [0.2, 0.25) is 0 Å². The number of carboxylic acid groups (broad SMARTS) is 2. The van der Waals surface area contributed by atoms with E-state index < -0.39 is 54.0 Å². The molecule has 0 aliphatic rings. The standard InChI is InChI=1S/C39H73N3O7/c1-3-5-7-9-11-13-15-17-19-21-23-28-34(43)39(38(48)49,31-30-36(45)46)42(37(47)33(41)27-25-26-32-40)35(44)29-24-22-20-18-16-14-12-10-8-6-4-2/h33H,3-32,40-41H2,1-2H3,(H,45,46)(H,48,49)/t33-,39+/m0/s1. The van der Waals surface area contributed by atoms with E-state index in [4.69, 9.17) is 11.5 Å². The van der Waals surface area contributed by atoms with Crippen molar-refractivity contribution in [2.45, 2.75) is 212 Å². The molecular formula is C39H73N3O7. The number of hydrogen-bond donors (Lipinski definition) is 4. The molecule has 0 spiro atoms. The topological polar surface area (TPSA) is 181 Å². The number of unbranched alkanes of at least 4 members (excludes halogenated alkanes) is 21. The number of hydrogen-bond acceptors (Lipinski definition) is 7. The molecule has 0 radical (unpaired) electrons. The van der Waals surface area contributed by atoms with E-state index in [1.165, 1.54) is 77.0 Å². The molecule has 0 rings (SSSR count). The molecule has 10 nitrogen and oxygen atoms in total. The van der Waals surface area contributed by atoms with Crippen LogP contribution in [0, 0.1) is 0 Å². The Hall–Kier alpha value is -2.33. The Balaban J connectivity index is 5.61. The first-order valence-corrected chi connectivity index (χ1v) is 19.9. The van der Waals surface area contributed by atoms with Gasteiger partial charge in [0.25, 0.3) is 0 Å². The summed E-state index contributed by atoms with van der Waals surface area (Å²) >= 11 is 0. The maximum atomic E-state index is 13.9. The fourth-order valence-corrected chi connectivity index (χ4v) is 6.52. The van der Waals surface area contributed by atoms with Gasteiger partial charge in [0.15, 0.2) is 5.78 Å². The smallest absolute Gasteiger partial charge is 0.337 e. The van der Waals surface area contributed by atoms with Gasteiger partial charge in [-0.2, -0.15) is 0 Å². The Morgan fingerprint density at radius 1 is 0.571 bits per heavy atom. The second kappa shape index (κ2) is 30.5. The van der Waals surface area contributed by atoms with Gasteiger partial charge in [-0.25, -0.2) is 4.79 Å². The summed E-state index contributed by atoms with van der Waals surface area (Å²) < 4.78 is 0. The van der Waals surface area contributed by atoms with Crippen molar-refractivity contribution in [2.24, 2.45) is 11.5 Å². The highest BCUT2D eigenvalue weighted by atomic mass is 16.4. The third-order valence-electron chi connectivity index (χ3n) is 9.66. The van der Waals surface area contributed by atoms with Crippen molar-refractivity contribution in [2.75, 3.05) is 6.54 Å². The molecule has 0 aliphatic heterocycles. The zero-order chi connectivity index (χ0) is 36.8. The van der Waals surface area contributed by atoms with Crippen molar-refractivity contribution in [3.05, 3.63) is 0 Å². The second-order valence-corrected chi connectivity index (χ2v) is 14.0. The Morgan fingerprint density at radius 2 is 0.980 bits per heavy atom. The lowest BCUT2D eigenvalue weighted by Crippen LogP contribution is -2.66. The molecule has 0 bridgehead atoms. The Kier molecular flexibility index (Phi) is 29.0. The lowest BCUT2D eigenvalue weighted by atomic mass is 9.82. The van der Waals surface area contributed by atoms with E-state index in [-0.39, 0.29) is 19.3 Å². The molecule has 2 atom stereocenters. The average molecular weight is 696 g/mol. The molecule has 0 heterocycles. The summed E-state index contributed by atoms with van der Waals surface area (Å²) in [7, 11) is 0. The molecule has 49 heavy (non-hydrogen) atoms. The van der Waals surface area contributed by atoms with Crippen molar-refractivity contribution in [1.29, 1.82) is 0 Å². The summed E-state index contributed by atoms with van der Waals surface area (Å²) in [6, 6.07) is -1.22. The van der Waals surface area contributed by atoms with Crippen LogP contribution in [0.4, 0.5) is 0 Å². The van der Waals surface area contributed by atoms with Crippen LogP contribution in [0.25, 0.3) is 0 Å². The Bertz CT molecular complexity index is 913. The molecule has 0 aliphatic carbocycles. The average Bonchev–Trinajstić information content (AvgIpc) is 3.07. The summed E-state index contributed by atoms with van der Waals surface area (Å²) in [6.45, 7) is 4.79. The van der Waals surface area contributed by atoms with Crippen LogP contribution in [0.5, 0.6) is 0 Å². The molecule has 0 saturated heterocycles. The van der Waals surface area contributed by atoms with Gasteiger partial charge in [0, 0.05) is 19.3 Å². The lowest BCUT2D eigenvalue weighted by molar-refractivity contribution is -0.172. The van der Waals surface area contributed by atoms with Crippen LogP contribution in [0.3, 0.4) is 0 Å². The summed E-state index contributed by atoms with van der Waals surface area (Å²) in [5.41, 5.74) is 9.19. The number of ketones is 1. The number of carboxylic acids is 2. The van der Waals surface area contributed by atoms with E-state index in [9.17, 15) is 34.2 Å². The molecular weight excluding hydrogens is 622 g/mol. The number of carbonyl (C=O) groups excluding carboxylic acids is 3. The van der Waals surface area contributed by atoms with Crippen molar-refractivity contribution >= 4 is 29.5 Å². The number of imide groups is 1. The van der Waals surface area contributed by atoms with Crippen LogP contribution in [-0.4, -0.2) is 62.8 Å². The van der Waals surface area contributed by atoms with E-state index in [0.29, 0.717) is 43.5 Å². The number of nitrogens with two attached hydrogens (primary N) is 2. The summed E-state index contributed by atoms with van der Waals surface area (Å²) in [5, 5.41) is 20.1. The number of Topliss-reactive ketones (excluding diaryl/α,β-unsaturated/α-hetero) is 1. The van der Waals surface area contributed by atoms with Gasteiger partial charge in [-0.15, -0.1) is 0 Å². The van der Waals surface area contributed by atoms with Gasteiger partial charge in [0.05, 0.1) is 6.04 Å². The van der Waals surface area contributed by atoms with Crippen LogP contribution in [-0.2, 0) is 24.0 Å². The summed E-state index contributed by atoms with van der Waals surface area (Å²) in [4.78, 5) is 66.8. The number of rotatable bonds is 35. The molecule has 0 saturated carbocycles. The molecule has 0 unspecified atom stereocenters. The summed E-state index contributed by atoms with van der Waals surface area (Å²) in [6.07, 6.45) is 22.8. The Labute approximate surface area is 297 Å². The van der Waals surface area contributed by atoms with Crippen molar-refractivity contribution in [3.8, 4) is 0 Å². The predicted molar refractivity (Wildman–Crippen MR) is 197 cm³/mol. The fourth-order valence-electron chi connectivity index (χ4n) is 6.52. The Morgan fingerprint density at radius 3 is 1.37 bits per heavy atom. The third kappa shape index (κ3) is 20.8. The van der Waals surface area contributed by atoms with Crippen molar-refractivity contribution < 1.29 is 34.2 Å². The van der Waals surface area contributed by atoms with E-state index in [1.807, 2.05) is 0 Å². The number of amides is 2. The SMILES string of the molecule is CCCCCCCCCCCCCC(=O)N(C(=O)[C@@H](N)CCCCN)[C@@](CCC(=O)O)(C(=O)O)C(=O)CCCCCCCCCCCCC. The molecule has 286 valence electrons. The highest BCUT2D eigenvalue weighted by Crippen LogP contribution is 2.30. The third-order valence-corrected chi connectivity index (χ3v) is 9.66. The van der Waals surface area contributed by atoms with Crippen LogP contribution in [0.15, 0.2) is 0 Å². The minimum absolute atomic E-state index is 0.119. The van der Waals surface area contributed by atoms with Gasteiger partial charge >= 0.3 is 11.9 Å². The first kappa shape index (κ1) is 46.7. The molecule has 0 fully saturated rings. The zero-order valence-corrected chi connectivity index (χ0v) is 31.3. The first-order valence-electron chi connectivity index (χ1n) is 19.9. The predicted octanol–water partition coefficient (Wildman–Crippen LogP) is 8.46. The van der Waals surface area contributed by atoms with Gasteiger partial charge < -0.3 is 21.7 Å². The van der Waals surface area contributed by atoms with E-state index in [1.54, 1.807) is 0 Å². The first-order chi connectivity index (χ1) is 23.6. The van der Waals surface area contributed by atoms with E-state index in [0.717, 1.165) is 44.9 Å². The normalized spacial score (nSPS) is 13.1. The second-order valence-electron chi connectivity index (χ2n) is 14.0. The maximum Gasteiger partial charge on any atom is 0.337 e. The fraction of sp³-hybridized carbons (Fsp3) is 0.872. The summed E-state index contributed by atoms with van der Waals surface area (Å²) in [5.74, 6) is -5.53. The van der Waals surface area contributed by atoms with Crippen molar-refractivity contribution in [3.63, 3.8) is 0 Å². The van der Waals surface area contributed by atoms with Gasteiger partial charge in [0.1, 0.15) is 0 Å². The minimum atomic E-state index is -2.62. The quantitative estimate of drug-likeness (QED) is 0.0373. The van der Waals surface area contributed by atoms with Gasteiger partial charge in [-0.05, 0) is 38.6 Å². The maximum absolute atomic E-state index is 13.9. The monoisotopic (exact) mass is 696 g/mol. The van der Waals surface area contributed by atoms with Gasteiger partial charge in [-0.1, -0.05) is 149 Å². The van der Waals surface area contributed by atoms with Crippen LogP contribution >= 0.6 is 0 Å². The molecule has 0 aromatic carbocycles. The number of carbonyl (C=O) groups is 5. The van der Waals surface area contributed by atoms with Gasteiger partial charge in [-0.3, -0.25) is 24.1 Å². The van der Waals surface area contributed by atoms with Crippen LogP contribution in [0.1, 0.15) is 200 Å². The highest BCUT2D eigenvalue weighted by molar-refractivity contribution is 6.15. The molecule has 6 N–H and O–H groups in total. The van der Waals surface area contributed by atoms with Crippen LogP contribution < -0.4 is 11.5 Å². The minimum Gasteiger partial charge on any atom is -0.481 e. The molecule has 0 aromatic rings. The van der Waals surface area contributed by atoms with E-state index in [2.05, 4.69) is 13.8 Å². The number of nitrogens with zero attached hydrogens (tertiary/aromatic N) is 1. The van der Waals surface area contributed by atoms with E-state index >= 15 is 0 Å². The lowest BCUT2D eigenvalue weighted by Gasteiger charge is -2.39. The van der Waals surface area contributed by atoms with Crippen molar-refractivity contribution in [1.82, 2.24) is 4.90 Å². The molecule has 2 amide bonds. The van der Waals surface area contributed by atoms with Gasteiger partial charge in [0.2, 0.25) is 17.4 Å². The zero-order valence-electron chi connectivity index (χ0n) is 31.3. The molecule has 10 heteroatoms. The number of aliphatic carboxylic acids is 2. The largest absolute Gasteiger partial charge is 0.481 e. The highest BCUT2D eigenvalue weighted by Gasteiger charge is 2.55. The molecule has 0 aromatic heterocycles.